The molecular weight excluding hydrogens is 302 g/mol. The van der Waals surface area contributed by atoms with E-state index in [-0.39, 0.29) is 22.1 Å². The Balaban J connectivity index is 2.14. The van der Waals surface area contributed by atoms with E-state index in [1.54, 1.807) is 4.68 Å². The van der Waals surface area contributed by atoms with Crippen LogP contribution in [0.5, 0.6) is 0 Å². The molecule has 7 heteroatoms. The zero-order valence-electron chi connectivity index (χ0n) is 11.2. The van der Waals surface area contributed by atoms with Gasteiger partial charge in [-0.25, -0.2) is 8.78 Å². The molecule has 0 bridgehead atoms. The van der Waals surface area contributed by atoms with Crippen molar-refractivity contribution >= 4 is 29.3 Å². The lowest BCUT2D eigenvalue weighted by atomic mass is 9.94. The van der Waals surface area contributed by atoms with Crippen LogP contribution in [0.25, 0.3) is 0 Å². The van der Waals surface area contributed by atoms with Crippen molar-refractivity contribution in [3.63, 3.8) is 0 Å². The van der Waals surface area contributed by atoms with E-state index in [0.29, 0.717) is 12.0 Å². The molecule has 20 heavy (non-hydrogen) atoms. The number of hydrogen-bond acceptors (Lipinski definition) is 4. The van der Waals surface area contributed by atoms with E-state index in [2.05, 4.69) is 5.10 Å². The lowest BCUT2D eigenvalue weighted by Gasteiger charge is -2.33. The Bertz CT molecular complexity index is 539. The van der Waals surface area contributed by atoms with Crippen molar-refractivity contribution in [1.29, 1.82) is 0 Å². The van der Waals surface area contributed by atoms with Crippen molar-refractivity contribution in [3.8, 4) is 0 Å². The van der Waals surface area contributed by atoms with Crippen LogP contribution in [0.2, 0.25) is 0 Å². The minimum atomic E-state index is -2.57. The van der Waals surface area contributed by atoms with E-state index in [1.165, 1.54) is 6.92 Å². The predicted octanol–water partition coefficient (Wildman–Crippen LogP) is 3.38. The Hall–Kier alpha value is -0.560. The van der Waals surface area contributed by atoms with Gasteiger partial charge in [0.1, 0.15) is 9.77 Å². The van der Waals surface area contributed by atoms with Crippen LogP contribution in [0.15, 0.2) is 0 Å². The second kappa shape index (κ2) is 5.33. The maximum Gasteiger partial charge on any atom is 0.282 e. The van der Waals surface area contributed by atoms with Gasteiger partial charge in [0.15, 0.2) is 5.78 Å². The molecule has 1 aliphatic carbocycles. The number of hydrogen-bond donors (Lipinski definition) is 0. The number of ketones is 1. The molecule has 1 spiro atoms. The largest absolute Gasteiger partial charge is 0.298 e. The van der Waals surface area contributed by atoms with Gasteiger partial charge >= 0.3 is 0 Å². The van der Waals surface area contributed by atoms with Gasteiger partial charge in [-0.05, 0) is 26.2 Å². The van der Waals surface area contributed by atoms with Crippen molar-refractivity contribution in [3.05, 3.63) is 17.0 Å². The Morgan fingerprint density at radius 1 is 1.45 bits per heavy atom. The lowest BCUT2D eigenvalue weighted by Crippen LogP contribution is -2.26. The third-order valence-electron chi connectivity index (χ3n) is 3.71. The molecule has 0 saturated carbocycles. The molecule has 1 saturated heterocycles. The van der Waals surface area contributed by atoms with Gasteiger partial charge in [-0.3, -0.25) is 9.48 Å². The average molecular weight is 318 g/mol. The van der Waals surface area contributed by atoms with E-state index in [9.17, 15) is 13.6 Å². The van der Waals surface area contributed by atoms with E-state index >= 15 is 0 Å². The first-order valence-electron chi connectivity index (χ1n) is 6.69. The van der Waals surface area contributed by atoms with Crippen molar-refractivity contribution in [2.24, 2.45) is 0 Å². The molecule has 3 nitrogen and oxygen atoms in total. The monoisotopic (exact) mass is 318 g/mol. The van der Waals surface area contributed by atoms with E-state index in [0.717, 1.165) is 30.0 Å². The molecule has 2 aliphatic rings. The summed E-state index contributed by atoms with van der Waals surface area (Å²) in [7, 11) is 0. The Labute approximate surface area is 124 Å². The molecule has 0 unspecified atom stereocenters. The summed E-state index contributed by atoms with van der Waals surface area (Å²) in [5, 5.41) is 4.07. The molecule has 0 N–H and O–H groups in total. The van der Waals surface area contributed by atoms with Gasteiger partial charge in [-0.1, -0.05) is 0 Å². The highest BCUT2D eigenvalue weighted by Crippen LogP contribution is 2.58. The number of Topliss-reactive ketones (excluding diaryl/α,β-unsaturated/α-hetero) is 1. The van der Waals surface area contributed by atoms with Gasteiger partial charge in [0.2, 0.25) is 0 Å². The molecule has 0 radical (unpaired) electrons. The average Bonchev–Trinajstić information content (AvgIpc) is 2.96. The van der Waals surface area contributed by atoms with E-state index in [1.807, 2.05) is 23.5 Å². The fourth-order valence-electron chi connectivity index (χ4n) is 3.04. The van der Waals surface area contributed by atoms with Gasteiger partial charge in [0.05, 0.1) is 12.2 Å². The minimum Gasteiger partial charge on any atom is -0.298 e. The summed E-state index contributed by atoms with van der Waals surface area (Å²) in [5.74, 6) is 2.00. The Morgan fingerprint density at radius 2 is 2.15 bits per heavy atom. The number of carbonyl (C=O) groups excluding carboxylic acids is 1. The number of fused-ring (bicyclic) bond motifs is 2. The molecule has 1 aliphatic heterocycles. The number of alkyl halides is 2. The summed E-state index contributed by atoms with van der Waals surface area (Å²) in [6, 6.07) is 0. The van der Waals surface area contributed by atoms with Gasteiger partial charge < -0.3 is 0 Å². The lowest BCUT2D eigenvalue weighted by molar-refractivity contribution is -0.117. The third kappa shape index (κ3) is 2.28. The number of halogens is 2. The van der Waals surface area contributed by atoms with Crippen LogP contribution in [-0.2, 0) is 21.8 Å². The summed E-state index contributed by atoms with van der Waals surface area (Å²) in [5.41, 5.74) is 1.45. The fourth-order valence-corrected chi connectivity index (χ4v) is 6.51. The number of rotatable bonds is 3. The highest BCUT2D eigenvalue weighted by atomic mass is 32.2. The molecule has 1 aromatic heterocycles. The van der Waals surface area contributed by atoms with Crippen molar-refractivity contribution in [2.45, 2.75) is 43.2 Å². The SMILES string of the molecule is CC(=O)Cn1nc(C(F)F)c2c1C1(CCC2)SCCS1. The number of aromatic nitrogens is 2. The summed E-state index contributed by atoms with van der Waals surface area (Å²) in [4.78, 5) is 11.4. The first-order chi connectivity index (χ1) is 9.53. The van der Waals surface area contributed by atoms with Crippen molar-refractivity contribution in [1.82, 2.24) is 9.78 Å². The van der Waals surface area contributed by atoms with Crippen LogP contribution in [0.4, 0.5) is 8.78 Å². The normalized spacial score (nSPS) is 20.6. The molecular formula is C13H16F2N2OS2. The summed E-state index contributed by atoms with van der Waals surface area (Å²) in [6.07, 6.45) is -0.0286. The molecule has 0 amide bonds. The van der Waals surface area contributed by atoms with Crippen LogP contribution in [0.1, 0.15) is 43.1 Å². The van der Waals surface area contributed by atoms with Crippen LogP contribution in [-0.4, -0.2) is 27.1 Å². The minimum absolute atomic E-state index is 0.0511. The maximum absolute atomic E-state index is 13.2. The molecule has 3 rings (SSSR count). The van der Waals surface area contributed by atoms with Gasteiger partial charge in [0, 0.05) is 17.1 Å². The Kier molecular flexibility index (Phi) is 3.83. The zero-order chi connectivity index (χ0) is 14.3. The van der Waals surface area contributed by atoms with Gasteiger partial charge in [0.25, 0.3) is 6.43 Å². The molecule has 0 atom stereocenters. The number of nitrogens with zero attached hydrogens (tertiary/aromatic N) is 2. The van der Waals surface area contributed by atoms with Crippen LogP contribution in [0.3, 0.4) is 0 Å². The number of carbonyl (C=O) groups is 1. The molecule has 1 fully saturated rings. The van der Waals surface area contributed by atoms with Gasteiger partial charge in [-0.2, -0.15) is 5.10 Å². The maximum atomic E-state index is 13.2. The first-order valence-corrected chi connectivity index (χ1v) is 8.66. The second-order valence-corrected chi connectivity index (χ2v) is 8.22. The van der Waals surface area contributed by atoms with E-state index < -0.39 is 6.43 Å². The van der Waals surface area contributed by atoms with Crippen LogP contribution in [0, 0.1) is 0 Å². The smallest absolute Gasteiger partial charge is 0.282 e. The standard InChI is InChI=1S/C13H16F2N2OS2/c1-8(18)7-17-11-9(10(16-17)12(14)15)3-2-4-13(11)19-5-6-20-13/h12H,2-7H2,1H3. The third-order valence-corrected chi connectivity index (χ3v) is 7.22. The molecule has 1 aromatic rings. The van der Waals surface area contributed by atoms with Crippen LogP contribution >= 0.6 is 23.5 Å². The predicted molar refractivity (Wildman–Crippen MR) is 77.4 cm³/mol. The Morgan fingerprint density at radius 3 is 2.75 bits per heavy atom. The fraction of sp³-hybridized carbons (Fsp3) is 0.692. The highest BCUT2D eigenvalue weighted by Gasteiger charge is 2.45. The quantitative estimate of drug-likeness (QED) is 0.856. The van der Waals surface area contributed by atoms with E-state index in [4.69, 9.17) is 0 Å². The summed E-state index contributed by atoms with van der Waals surface area (Å²) >= 11 is 3.64. The second-order valence-electron chi connectivity index (χ2n) is 5.18. The molecule has 0 aromatic carbocycles. The van der Waals surface area contributed by atoms with Crippen LogP contribution < -0.4 is 0 Å². The summed E-state index contributed by atoms with van der Waals surface area (Å²) < 4.78 is 27.8. The number of thioether (sulfide) groups is 2. The summed E-state index contributed by atoms with van der Waals surface area (Å²) in [6.45, 7) is 1.57. The van der Waals surface area contributed by atoms with Gasteiger partial charge in [-0.15, -0.1) is 23.5 Å². The highest BCUT2D eigenvalue weighted by molar-refractivity contribution is 8.20. The zero-order valence-corrected chi connectivity index (χ0v) is 12.8. The van der Waals surface area contributed by atoms with Crippen molar-refractivity contribution in [2.75, 3.05) is 11.5 Å². The van der Waals surface area contributed by atoms with Crippen molar-refractivity contribution < 1.29 is 13.6 Å². The first kappa shape index (κ1) is 14.4. The molecule has 2 heterocycles. The topological polar surface area (TPSA) is 34.9 Å². The molecule has 110 valence electrons.